The smallest absolute Gasteiger partial charge is 0.227 e. The van der Waals surface area contributed by atoms with Crippen LogP contribution in [0.2, 0.25) is 0 Å². The fraction of sp³-hybridized carbons (Fsp3) is 0.412. The van der Waals surface area contributed by atoms with Crippen LogP contribution in [0.25, 0.3) is 11.0 Å². The highest BCUT2D eigenvalue weighted by atomic mass is 19.2. The first-order valence-corrected chi connectivity index (χ1v) is 7.96. The average Bonchev–Trinajstić information content (AvgIpc) is 3.09. The lowest BCUT2D eigenvalue weighted by Crippen LogP contribution is -2.61. The Morgan fingerprint density at radius 3 is 2.79 bits per heavy atom. The number of nitrogens with zero attached hydrogens (tertiary/aromatic N) is 2. The van der Waals surface area contributed by atoms with Gasteiger partial charge in [-0.15, -0.1) is 0 Å². The maximum Gasteiger partial charge on any atom is 0.227 e. The van der Waals surface area contributed by atoms with Gasteiger partial charge in [0.25, 0.3) is 0 Å². The van der Waals surface area contributed by atoms with Crippen molar-refractivity contribution in [2.75, 3.05) is 19.6 Å². The van der Waals surface area contributed by atoms with Crippen molar-refractivity contribution in [2.45, 2.75) is 25.3 Å². The second-order valence-electron chi connectivity index (χ2n) is 6.32. The predicted octanol–water partition coefficient (Wildman–Crippen LogP) is 2.09. The second kappa shape index (κ2) is 5.58. The number of halogens is 2. The molecule has 2 aliphatic heterocycles. The molecule has 126 valence electrons. The van der Waals surface area contributed by atoms with Gasteiger partial charge in [-0.1, -0.05) is 0 Å². The predicted molar refractivity (Wildman–Crippen MR) is 81.1 cm³/mol. The minimum Gasteiger partial charge on any atom is -0.461 e. The highest BCUT2D eigenvalue weighted by Crippen LogP contribution is 2.27. The van der Waals surface area contributed by atoms with Crippen molar-refractivity contribution < 1.29 is 22.8 Å². The quantitative estimate of drug-likeness (QED) is 0.864. The Morgan fingerprint density at radius 2 is 2.08 bits per heavy atom. The molecule has 2 saturated heterocycles. The number of hydrogen-bond acceptors (Lipinski definition) is 3. The SMILES string of the molecule is O=C(Cc1coc2c(F)c(F)ccc12)N1CC(N2CCCC2=O)C1. The number of carbonyl (C=O) groups excluding carboxylic acids is 2. The molecule has 0 saturated carbocycles. The molecule has 1 aromatic heterocycles. The molecule has 2 amide bonds. The fourth-order valence-corrected chi connectivity index (χ4v) is 3.42. The van der Waals surface area contributed by atoms with E-state index < -0.39 is 11.6 Å². The number of fused-ring (bicyclic) bond motifs is 1. The van der Waals surface area contributed by atoms with E-state index in [2.05, 4.69) is 0 Å². The van der Waals surface area contributed by atoms with Crippen molar-refractivity contribution in [3.63, 3.8) is 0 Å². The summed E-state index contributed by atoms with van der Waals surface area (Å²) >= 11 is 0. The summed E-state index contributed by atoms with van der Waals surface area (Å²) in [5.74, 6) is -1.96. The first kappa shape index (κ1) is 15.1. The van der Waals surface area contributed by atoms with Crippen LogP contribution in [0.15, 0.2) is 22.8 Å². The summed E-state index contributed by atoms with van der Waals surface area (Å²) < 4.78 is 31.9. The van der Waals surface area contributed by atoms with Gasteiger partial charge in [0.15, 0.2) is 11.4 Å². The van der Waals surface area contributed by atoms with E-state index in [1.165, 1.54) is 12.3 Å². The number of rotatable bonds is 3. The van der Waals surface area contributed by atoms with Crippen LogP contribution < -0.4 is 0 Å². The zero-order valence-corrected chi connectivity index (χ0v) is 12.9. The molecule has 2 aliphatic rings. The lowest BCUT2D eigenvalue weighted by Gasteiger charge is -2.44. The van der Waals surface area contributed by atoms with Gasteiger partial charge in [0, 0.05) is 37.0 Å². The van der Waals surface area contributed by atoms with Gasteiger partial charge in [-0.05, 0) is 18.6 Å². The Bertz CT molecular complexity index is 827. The van der Waals surface area contributed by atoms with Crippen LogP contribution in [0.5, 0.6) is 0 Å². The zero-order valence-electron chi connectivity index (χ0n) is 12.9. The molecule has 0 radical (unpaired) electrons. The molecular formula is C17H16F2N2O3. The number of benzene rings is 1. The number of carbonyl (C=O) groups is 2. The molecule has 4 rings (SSSR count). The Kier molecular flexibility index (Phi) is 3.51. The Hall–Kier alpha value is -2.44. The van der Waals surface area contributed by atoms with Crippen LogP contribution >= 0.6 is 0 Å². The molecule has 7 heteroatoms. The topological polar surface area (TPSA) is 53.8 Å². The normalized spacial score (nSPS) is 18.5. The van der Waals surface area contributed by atoms with Crippen LogP contribution in [0.1, 0.15) is 18.4 Å². The zero-order chi connectivity index (χ0) is 16.8. The molecule has 2 aromatic rings. The number of hydrogen-bond donors (Lipinski definition) is 0. The maximum atomic E-state index is 13.6. The molecule has 0 atom stereocenters. The maximum absolute atomic E-state index is 13.6. The van der Waals surface area contributed by atoms with Gasteiger partial charge in [0.1, 0.15) is 0 Å². The Labute approximate surface area is 136 Å². The largest absolute Gasteiger partial charge is 0.461 e. The summed E-state index contributed by atoms with van der Waals surface area (Å²) in [5.41, 5.74) is 0.372. The van der Waals surface area contributed by atoms with E-state index in [1.807, 2.05) is 4.90 Å². The molecule has 1 aromatic carbocycles. The Morgan fingerprint density at radius 1 is 1.29 bits per heavy atom. The highest BCUT2D eigenvalue weighted by molar-refractivity contribution is 5.88. The van der Waals surface area contributed by atoms with Crippen molar-refractivity contribution in [1.82, 2.24) is 9.80 Å². The Balaban J connectivity index is 1.42. The summed E-state index contributed by atoms with van der Waals surface area (Å²) in [6, 6.07) is 2.55. The summed E-state index contributed by atoms with van der Waals surface area (Å²) in [4.78, 5) is 27.6. The molecule has 24 heavy (non-hydrogen) atoms. The van der Waals surface area contributed by atoms with E-state index in [0.717, 1.165) is 19.0 Å². The van der Waals surface area contributed by atoms with E-state index in [4.69, 9.17) is 4.42 Å². The standard InChI is InChI=1S/C17H16F2N2O3/c18-13-4-3-12-10(9-24-17(12)16(13)19)6-15(23)20-7-11(8-20)21-5-1-2-14(21)22/h3-4,9,11H,1-2,5-8H2. The number of amides is 2. The van der Waals surface area contributed by atoms with E-state index in [-0.39, 0.29) is 29.9 Å². The van der Waals surface area contributed by atoms with Crippen molar-refractivity contribution in [2.24, 2.45) is 0 Å². The van der Waals surface area contributed by atoms with Gasteiger partial charge >= 0.3 is 0 Å². The summed E-state index contributed by atoms with van der Waals surface area (Å²) in [5, 5.41) is 0.411. The van der Waals surface area contributed by atoms with Gasteiger partial charge in [0.05, 0.1) is 18.7 Å². The van der Waals surface area contributed by atoms with Crippen molar-refractivity contribution in [3.8, 4) is 0 Å². The van der Waals surface area contributed by atoms with Crippen LogP contribution in [0, 0.1) is 11.6 Å². The molecule has 0 unspecified atom stereocenters. The van der Waals surface area contributed by atoms with Gasteiger partial charge in [-0.25, -0.2) is 4.39 Å². The summed E-state index contributed by atoms with van der Waals surface area (Å²) in [6.07, 6.45) is 2.84. The highest BCUT2D eigenvalue weighted by Gasteiger charge is 2.38. The third kappa shape index (κ3) is 2.35. The third-order valence-electron chi connectivity index (χ3n) is 4.82. The van der Waals surface area contributed by atoms with Crippen LogP contribution in [-0.4, -0.2) is 47.3 Å². The molecule has 0 spiro atoms. The van der Waals surface area contributed by atoms with Gasteiger partial charge in [-0.3, -0.25) is 9.59 Å². The summed E-state index contributed by atoms with van der Waals surface area (Å²) in [7, 11) is 0. The number of likely N-dealkylation sites (tertiary alicyclic amines) is 2. The molecule has 2 fully saturated rings. The van der Waals surface area contributed by atoms with Crippen LogP contribution in [0.3, 0.4) is 0 Å². The van der Waals surface area contributed by atoms with Crippen LogP contribution in [0.4, 0.5) is 8.78 Å². The average molecular weight is 334 g/mol. The molecule has 5 nitrogen and oxygen atoms in total. The first-order chi connectivity index (χ1) is 11.5. The molecule has 3 heterocycles. The molecule has 0 bridgehead atoms. The molecule has 0 aliphatic carbocycles. The minimum atomic E-state index is -1.04. The van der Waals surface area contributed by atoms with Gasteiger partial charge < -0.3 is 14.2 Å². The lowest BCUT2D eigenvalue weighted by atomic mass is 10.0. The lowest BCUT2D eigenvalue weighted by molar-refractivity contribution is -0.143. The van der Waals surface area contributed by atoms with Crippen LogP contribution in [-0.2, 0) is 16.0 Å². The van der Waals surface area contributed by atoms with Crippen molar-refractivity contribution in [3.05, 3.63) is 35.6 Å². The van der Waals surface area contributed by atoms with Gasteiger partial charge in [-0.2, -0.15) is 4.39 Å². The monoisotopic (exact) mass is 334 g/mol. The van der Waals surface area contributed by atoms with E-state index >= 15 is 0 Å². The second-order valence-corrected chi connectivity index (χ2v) is 6.32. The number of furan rings is 1. The van der Waals surface area contributed by atoms with E-state index in [1.54, 1.807) is 4.90 Å². The van der Waals surface area contributed by atoms with Crippen molar-refractivity contribution >= 4 is 22.8 Å². The molecular weight excluding hydrogens is 318 g/mol. The minimum absolute atomic E-state index is 0.0682. The third-order valence-corrected chi connectivity index (χ3v) is 4.82. The fourth-order valence-electron chi connectivity index (χ4n) is 3.42. The van der Waals surface area contributed by atoms with E-state index in [9.17, 15) is 18.4 Å². The van der Waals surface area contributed by atoms with Gasteiger partial charge in [0.2, 0.25) is 17.6 Å². The van der Waals surface area contributed by atoms with E-state index in [0.29, 0.717) is 30.5 Å². The summed E-state index contributed by atoms with van der Waals surface area (Å²) in [6.45, 7) is 1.83. The van der Waals surface area contributed by atoms with Crippen molar-refractivity contribution in [1.29, 1.82) is 0 Å². The molecule has 0 N–H and O–H groups in total. The first-order valence-electron chi connectivity index (χ1n) is 7.96.